The van der Waals surface area contributed by atoms with E-state index in [1.807, 2.05) is 0 Å². The van der Waals surface area contributed by atoms with Crippen LogP contribution in [0.1, 0.15) is 31.9 Å². The summed E-state index contributed by atoms with van der Waals surface area (Å²) in [6, 6.07) is 3.19. The summed E-state index contributed by atoms with van der Waals surface area (Å²) >= 11 is 0. The first-order valence-corrected chi connectivity index (χ1v) is 6.30. The molecule has 0 amide bonds. The Morgan fingerprint density at radius 1 is 1.39 bits per heavy atom. The van der Waals surface area contributed by atoms with Gasteiger partial charge >= 0.3 is 0 Å². The highest BCUT2D eigenvalue weighted by Crippen LogP contribution is 2.30. The van der Waals surface area contributed by atoms with Crippen molar-refractivity contribution in [1.29, 1.82) is 0 Å². The zero-order valence-corrected chi connectivity index (χ0v) is 10.9. The van der Waals surface area contributed by atoms with E-state index in [1.165, 1.54) is 12.1 Å². The first-order valence-electron chi connectivity index (χ1n) is 6.30. The van der Waals surface area contributed by atoms with Gasteiger partial charge in [0, 0.05) is 30.8 Å². The van der Waals surface area contributed by atoms with E-state index in [0.29, 0.717) is 17.5 Å². The van der Waals surface area contributed by atoms with E-state index in [2.05, 4.69) is 18.7 Å². The molecule has 18 heavy (non-hydrogen) atoms. The molecule has 1 heterocycles. The van der Waals surface area contributed by atoms with Gasteiger partial charge in [-0.05, 0) is 24.4 Å². The summed E-state index contributed by atoms with van der Waals surface area (Å²) in [5.74, 6) is -1.12. The van der Waals surface area contributed by atoms with Crippen LogP contribution in [0.4, 0.5) is 8.78 Å². The topological polar surface area (TPSA) is 29.3 Å². The molecule has 2 N–H and O–H groups in total. The lowest BCUT2D eigenvalue weighted by molar-refractivity contribution is 0.274. The Bertz CT molecular complexity index is 432. The van der Waals surface area contributed by atoms with E-state index in [1.54, 1.807) is 0 Å². The highest BCUT2D eigenvalue weighted by Gasteiger charge is 2.30. The van der Waals surface area contributed by atoms with Crippen molar-refractivity contribution in [1.82, 2.24) is 4.90 Å². The second-order valence-corrected chi connectivity index (χ2v) is 5.92. The number of nitrogens with two attached hydrogens (primary N) is 1. The monoisotopic (exact) mass is 254 g/mol. The SMILES string of the molecule is CC1(C)CCN(CC(N)c2ccc(F)cc2F)C1. The van der Waals surface area contributed by atoms with Gasteiger partial charge in [0.05, 0.1) is 0 Å². The van der Waals surface area contributed by atoms with Gasteiger partial charge < -0.3 is 10.6 Å². The van der Waals surface area contributed by atoms with E-state index in [4.69, 9.17) is 5.73 Å². The molecule has 0 aliphatic carbocycles. The van der Waals surface area contributed by atoms with Gasteiger partial charge in [-0.2, -0.15) is 0 Å². The number of rotatable bonds is 3. The third-order valence-corrected chi connectivity index (χ3v) is 3.57. The quantitative estimate of drug-likeness (QED) is 0.898. The molecule has 1 aromatic rings. The Kier molecular flexibility index (Phi) is 3.69. The number of halogens is 2. The minimum absolute atomic E-state index is 0.307. The van der Waals surface area contributed by atoms with Crippen LogP contribution in [0.25, 0.3) is 0 Å². The molecule has 1 fully saturated rings. The van der Waals surface area contributed by atoms with E-state index in [0.717, 1.165) is 25.6 Å². The summed E-state index contributed by atoms with van der Waals surface area (Å²) in [6.07, 6.45) is 1.13. The van der Waals surface area contributed by atoms with Gasteiger partial charge in [0.25, 0.3) is 0 Å². The molecule has 2 rings (SSSR count). The average Bonchev–Trinajstić information content (AvgIpc) is 2.57. The van der Waals surface area contributed by atoms with E-state index in [9.17, 15) is 8.78 Å². The fraction of sp³-hybridized carbons (Fsp3) is 0.571. The zero-order chi connectivity index (χ0) is 13.3. The van der Waals surface area contributed by atoms with Crippen molar-refractivity contribution >= 4 is 0 Å². The predicted octanol–water partition coefficient (Wildman–Crippen LogP) is 2.70. The van der Waals surface area contributed by atoms with Gasteiger partial charge in [0.2, 0.25) is 0 Å². The standard InChI is InChI=1S/C14H20F2N2/c1-14(2)5-6-18(9-14)8-13(17)11-4-3-10(15)7-12(11)16/h3-4,7,13H,5-6,8-9,17H2,1-2H3. The second-order valence-electron chi connectivity index (χ2n) is 5.92. The smallest absolute Gasteiger partial charge is 0.130 e. The van der Waals surface area contributed by atoms with Gasteiger partial charge in [-0.15, -0.1) is 0 Å². The molecular formula is C14H20F2N2. The molecule has 0 radical (unpaired) electrons. The normalized spacial score (nSPS) is 21.2. The molecule has 4 heteroatoms. The molecule has 0 saturated carbocycles. The van der Waals surface area contributed by atoms with Crippen molar-refractivity contribution in [3.63, 3.8) is 0 Å². The molecule has 0 bridgehead atoms. The lowest BCUT2D eigenvalue weighted by Gasteiger charge is -2.23. The number of hydrogen-bond donors (Lipinski definition) is 1. The largest absolute Gasteiger partial charge is 0.323 e. The van der Waals surface area contributed by atoms with Crippen LogP contribution >= 0.6 is 0 Å². The van der Waals surface area contributed by atoms with Crippen LogP contribution < -0.4 is 5.73 Å². The fourth-order valence-electron chi connectivity index (χ4n) is 2.56. The lowest BCUT2D eigenvalue weighted by Crippen LogP contribution is -2.32. The summed E-state index contributed by atoms with van der Waals surface area (Å²) < 4.78 is 26.4. The van der Waals surface area contributed by atoms with E-state index in [-0.39, 0.29) is 0 Å². The maximum absolute atomic E-state index is 13.6. The Morgan fingerprint density at radius 3 is 2.67 bits per heavy atom. The Morgan fingerprint density at radius 2 is 2.11 bits per heavy atom. The van der Waals surface area contributed by atoms with Crippen LogP contribution in [-0.4, -0.2) is 24.5 Å². The maximum Gasteiger partial charge on any atom is 0.130 e. The zero-order valence-electron chi connectivity index (χ0n) is 10.9. The molecule has 0 aromatic heterocycles. The van der Waals surface area contributed by atoms with Crippen molar-refractivity contribution in [3.8, 4) is 0 Å². The average molecular weight is 254 g/mol. The van der Waals surface area contributed by atoms with Crippen molar-refractivity contribution in [2.75, 3.05) is 19.6 Å². The van der Waals surface area contributed by atoms with Gasteiger partial charge in [0.15, 0.2) is 0 Å². The molecule has 100 valence electrons. The van der Waals surface area contributed by atoms with E-state index >= 15 is 0 Å². The van der Waals surface area contributed by atoms with Crippen LogP contribution in [0.2, 0.25) is 0 Å². The highest BCUT2D eigenvalue weighted by molar-refractivity contribution is 5.22. The number of benzene rings is 1. The van der Waals surface area contributed by atoms with Crippen molar-refractivity contribution in [2.24, 2.45) is 11.1 Å². The van der Waals surface area contributed by atoms with Crippen LogP contribution in [0.3, 0.4) is 0 Å². The summed E-state index contributed by atoms with van der Waals surface area (Å²) in [4.78, 5) is 2.24. The molecule has 0 spiro atoms. The highest BCUT2D eigenvalue weighted by atomic mass is 19.1. The Balaban J connectivity index is 2.02. The van der Waals surface area contributed by atoms with Gasteiger partial charge in [-0.1, -0.05) is 19.9 Å². The fourth-order valence-corrected chi connectivity index (χ4v) is 2.56. The predicted molar refractivity (Wildman–Crippen MR) is 68.1 cm³/mol. The molecular weight excluding hydrogens is 234 g/mol. The number of nitrogens with zero attached hydrogens (tertiary/aromatic N) is 1. The second kappa shape index (κ2) is 4.94. The van der Waals surface area contributed by atoms with Crippen LogP contribution in [-0.2, 0) is 0 Å². The van der Waals surface area contributed by atoms with Gasteiger partial charge in [-0.3, -0.25) is 0 Å². The third kappa shape index (κ3) is 3.06. The molecule has 2 nitrogen and oxygen atoms in total. The van der Waals surface area contributed by atoms with Crippen LogP contribution in [0.5, 0.6) is 0 Å². The summed E-state index contributed by atoms with van der Waals surface area (Å²) in [6.45, 7) is 7.02. The van der Waals surface area contributed by atoms with E-state index < -0.39 is 17.7 Å². The first kappa shape index (κ1) is 13.4. The summed E-state index contributed by atoms with van der Waals surface area (Å²) in [5, 5.41) is 0. The van der Waals surface area contributed by atoms with Crippen molar-refractivity contribution < 1.29 is 8.78 Å². The van der Waals surface area contributed by atoms with Crippen molar-refractivity contribution in [2.45, 2.75) is 26.3 Å². The van der Waals surface area contributed by atoms with Crippen LogP contribution in [0.15, 0.2) is 18.2 Å². The minimum Gasteiger partial charge on any atom is -0.323 e. The Hall–Kier alpha value is -1.00. The van der Waals surface area contributed by atoms with Gasteiger partial charge in [-0.25, -0.2) is 8.78 Å². The van der Waals surface area contributed by atoms with Crippen LogP contribution in [0, 0.1) is 17.0 Å². The molecule has 1 atom stereocenters. The summed E-state index contributed by atoms with van der Waals surface area (Å²) in [5.41, 5.74) is 6.71. The summed E-state index contributed by atoms with van der Waals surface area (Å²) in [7, 11) is 0. The molecule has 1 aromatic carbocycles. The molecule has 1 unspecified atom stereocenters. The Labute approximate surface area is 107 Å². The maximum atomic E-state index is 13.6. The minimum atomic E-state index is -0.564. The lowest BCUT2D eigenvalue weighted by atomic mass is 9.93. The molecule has 1 saturated heterocycles. The molecule has 1 aliphatic heterocycles. The number of hydrogen-bond acceptors (Lipinski definition) is 2. The third-order valence-electron chi connectivity index (χ3n) is 3.57. The van der Waals surface area contributed by atoms with Gasteiger partial charge in [0.1, 0.15) is 11.6 Å². The molecule has 1 aliphatic rings. The first-order chi connectivity index (χ1) is 8.37. The number of likely N-dealkylation sites (tertiary alicyclic amines) is 1. The van der Waals surface area contributed by atoms with Crippen molar-refractivity contribution in [3.05, 3.63) is 35.4 Å².